The van der Waals surface area contributed by atoms with E-state index in [1.165, 1.54) is 0 Å². The number of phenolic OH excluding ortho intramolecular Hbond substituents is 1. The molecule has 0 radical (unpaired) electrons. The first-order valence-corrected chi connectivity index (χ1v) is 7.68. The van der Waals surface area contributed by atoms with E-state index in [0.717, 1.165) is 11.1 Å². The second kappa shape index (κ2) is 6.24. The van der Waals surface area contributed by atoms with E-state index in [0.29, 0.717) is 37.7 Å². The number of carbonyl (C=O) groups is 1. The Hall–Kier alpha value is -2.63. The number of aromatic hydroxyl groups is 1. The number of amides is 1. The Balaban J connectivity index is 1.70. The third-order valence-corrected chi connectivity index (χ3v) is 4.33. The molecule has 6 nitrogen and oxygen atoms in total. The van der Waals surface area contributed by atoms with E-state index in [-0.39, 0.29) is 11.7 Å². The number of phenols is 1. The summed E-state index contributed by atoms with van der Waals surface area (Å²) < 4.78 is 0. The first-order chi connectivity index (χ1) is 11.1. The molecule has 0 unspecified atom stereocenters. The van der Waals surface area contributed by atoms with Gasteiger partial charge in [-0.05, 0) is 37.1 Å². The van der Waals surface area contributed by atoms with Crippen molar-refractivity contribution in [1.29, 1.82) is 0 Å². The summed E-state index contributed by atoms with van der Waals surface area (Å²) in [5.74, 6) is 0.650. The van der Waals surface area contributed by atoms with Crippen LogP contribution in [-0.2, 0) is 0 Å². The first-order valence-electron chi connectivity index (χ1n) is 7.68. The van der Waals surface area contributed by atoms with E-state index in [2.05, 4.69) is 14.9 Å². The summed E-state index contributed by atoms with van der Waals surface area (Å²) in [6.45, 7) is 6.28. The number of rotatable bonds is 2. The van der Waals surface area contributed by atoms with Gasteiger partial charge < -0.3 is 14.9 Å². The Morgan fingerprint density at radius 1 is 1.09 bits per heavy atom. The molecule has 1 aliphatic heterocycles. The van der Waals surface area contributed by atoms with E-state index in [1.807, 2.05) is 19.9 Å². The van der Waals surface area contributed by atoms with Crippen LogP contribution in [0.5, 0.6) is 5.75 Å². The van der Waals surface area contributed by atoms with Gasteiger partial charge in [0.05, 0.1) is 5.56 Å². The van der Waals surface area contributed by atoms with E-state index in [1.54, 1.807) is 29.4 Å². The molecule has 1 N–H and O–H groups in total. The van der Waals surface area contributed by atoms with Crippen LogP contribution < -0.4 is 4.90 Å². The molecule has 1 fully saturated rings. The van der Waals surface area contributed by atoms with Crippen LogP contribution in [0.15, 0.2) is 30.6 Å². The number of carbonyl (C=O) groups excluding carboxylic acids is 1. The van der Waals surface area contributed by atoms with Gasteiger partial charge in [-0.3, -0.25) is 4.79 Å². The van der Waals surface area contributed by atoms with Gasteiger partial charge in [-0.15, -0.1) is 0 Å². The highest BCUT2D eigenvalue weighted by Crippen LogP contribution is 2.26. The molecule has 0 bridgehead atoms. The van der Waals surface area contributed by atoms with Gasteiger partial charge in [0, 0.05) is 38.6 Å². The number of nitrogens with zero attached hydrogens (tertiary/aromatic N) is 4. The third-order valence-electron chi connectivity index (χ3n) is 4.33. The molecule has 0 aliphatic carbocycles. The molecule has 6 heteroatoms. The lowest BCUT2D eigenvalue weighted by Gasteiger charge is -2.34. The Morgan fingerprint density at radius 2 is 1.74 bits per heavy atom. The number of piperazine rings is 1. The summed E-state index contributed by atoms with van der Waals surface area (Å²) in [5, 5.41) is 10.2. The van der Waals surface area contributed by atoms with Crippen molar-refractivity contribution >= 4 is 11.9 Å². The standard InChI is InChI=1S/C17H20N4O2/c1-12-4-5-14(15(22)13(12)2)16(23)20-8-10-21(11-9-20)17-18-6-3-7-19-17/h3-7,22H,8-11H2,1-2H3. The van der Waals surface area contributed by atoms with Crippen LogP contribution in [0.4, 0.5) is 5.95 Å². The zero-order valence-electron chi connectivity index (χ0n) is 13.4. The van der Waals surface area contributed by atoms with Crippen molar-refractivity contribution < 1.29 is 9.90 Å². The Kier molecular flexibility index (Phi) is 4.14. The molecule has 1 aromatic heterocycles. The highest BCUT2D eigenvalue weighted by Gasteiger charge is 2.25. The van der Waals surface area contributed by atoms with Crippen LogP contribution in [-0.4, -0.2) is 52.1 Å². The number of hydrogen-bond acceptors (Lipinski definition) is 5. The zero-order chi connectivity index (χ0) is 16.4. The van der Waals surface area contributed by atoms with E-state index in [9.17, 15) is 9.90 Å². The molecule has 2 aromatic rings. The molecule has 120 valence electrons. The lowest BCUT2D eigenvalue weighted by atomic mass is 10.0. The lowest BCUT2D eigenvalue weighted by molar-refractivity contribution is 0.0743. The van der Waals surface area contributed by atoms with E-state index < -0.39 is 0 Å². The predicted molar refractivity (Wildman–Crippen MR) is 87.7 cm³/mol. The monoisotopic (exact) mass is 312 g/mol. The molecular formula is C17H20N4O2. The molecule has 0 saturated carbocycles. The van der Waals surface area contributed by atoms with Gasteiger partial charge >= 0.3 is 0 Å². The molecule has 0 atom stereocenters. The predicted octanol–water partition coefficient (Wildman–Crippen LogP) is 1.76. The number of hydrogen-bond donors (Lipinski definition) is 1. The van der Waals surface area contributed by atoms with Crippen molar-refractivity contribution in [2.75, 3.05) is 31.1 Å². The van der Waals surface area contributed by atoms with Gasteiger partial charge in [0.15, 0.2) is 0 Å². The SMILES string of the molecule is Cc1ccc(C(=O)N2CCN(c3ncccn3)CC2)c(O)c1C. The highest BCUT2D eigenvalue weighted by molar-refractivity contribution is 5.97. The zero-order valence-corrected chi connectivity index (χ0v) is 13.4. The molecule has 1 aromatic carbocycles. The molecule has 1 aliphatic rings. The van der Waals surface area contributed by atoms with Gasteiger partial charge in [0.2, 0.25) is 5.95 Å². The highest BCUT2D eigenvalue weighted by atomic mass is 16.3. The average molecular weight is 312 g/mol. The fourth-order valence-electron chi connectivity index (χ4n) is 2.71. The molecule has 0 spiro atoms. The summed E-state index contributed by atoms with van der Waals surface area (Å²) in [6, 6.07) is 5.36. The third kappa shape index (κ3) is 2.97. The molecule has 1 saturated heterocycles. The largest absolute Gasteiger partial charge is 0.507 e. The number of benzene rings is 1. The Bertz CT molecular complexity index is 710. The number of aromatic nitrogens is 2. The summed E-state index contributed by atoms with van der Waals surface area (Å²) in [4.78, 5) is 24.9. The van der Waals surface area contributed by atoms with Crippen molar-refractivity contribution in [1.82, 2.24) is 14.9 Å². The lowest BCUT2D eigenvalue weighted by Crippen LogP contribution is -2.49. The summed E-state index contributed by atoms with van der Waals surface area (Å²) in [6.07, 6.45) is 3.43. The van der Waals surface area contributed by atoms with Crippen molar-refractivity contribution in [2.45, 2.75) is 13.8 Å². The minimum absolute atomic E-state index is 0.0869. The molecule has 3 rings (SSSR count). The Labute approximate surface area is 135 Å². The van der Waals surface area contributed by atoms with Gasteiger partial charge in [-0.25, -0.2) is 9.97 Å². The fourth-order valence-corrected chi connectivity index (χ4v) is 2.71. The Morgan fingerprint density at radius 3 is 2.39 bits per heavy atom. The topological polar surface area (TPSA) is 69.6 Å². The van der Waals surface area contributed by atoms with Crippen molar-refractivity contribution in [2.24, 2.45) is 0 Å². The van der Waals surface area contributed by atoms with E-state index in [4.69, 9.17) is 0 Å². The van der Waals surface area contributed by atoms with Crippen LogP contribution in [0.3, 0.4) is 0 Å². The van der Waals surface area contributed by atoms with E-state index >= 15 is 0 Å². The molecule has 1 amide bonds. The maximum absolute atomic E-state index is 12.6. The smallest absolute Gasteiger partial charge is 0.257 e. The quantitative estimate of drug-likeness (QED) is 0.915. The van der Waals surface area contributed by atoms with Crippen LogP contribution in [0.1, 0.15) is 21.5 Å². The van der Waals surface area contributed by atoms with Gasteiger partial charge in [0.25, 0.3) is 5.91 Å². The number of anilines is 1. The van der Waals surface area contributed by atoms with Gasteiger partial charge in [0.1, 0.15) is 5.75 Å². The van der Waals surface area contributed by atoms with Crippen molar-refractivity contribution in [3.8, 4) is 5.75 Å². The minimum atomic E-state index is -0.126. The summed E-state index contributed by atoms with van der Waals surface area (Å²) >= 11 is 0. The maximum atomic E-state index is 12.6. The summed E-state index contributed by atoms with van der Waals surface area (Å²) in [7, 11) is 0. The molecule has 2 heterocycles. The van der Waals surface area contributed by atoms with Crippen LogP contribution in [0.2, 0.25) is 0 Å². The first kappa shape index (κ1) is 15.3. The molecular weight excluding hydrogens is 292 g/mol. The molecule has 23 heavy (non-hydrogen) atoms. The van der Waals surface area contributed by atoms with Gasteiger partial charge in [-0.2, -0.15) is 0 Å². The fraction of sp³-hybridized carbons (Fsp3) is 0.353. The summed E-state index contributed by atoms with van der Waals surface area (Å²) in [5.41, 5.74) is 2.11. The van der Waals surface area contributed by atoms with Crippen LogP contribution in [0, 0.1) is 13.8 Å². The van der Waals surface area contributed by atoms with Gasteiger partial charge in [-0.1, -0.05) is 6.07 Å². The van der Waals surface area contributed by atoms with Crippen LogP contribution >= 0.6 is 0 Å². The van der Waals surface area contributed by atoms with Crippen LogP contribution in [0.25, 0.3) is 0 Å². The average Bonchev–Trinajstić information content (AvgIpc) is 2.60. The minimum Gasteiger partial charge on any atom is -0.507 e. The maximum Gasteiger partial charge on any atom is 0.257 e. The second-order valence-corrected chi connectivity index (χ2v) is 5.73. The second-order valence-electron chi connectivity index (χ2n) is 5.73. The van der Waals surface area contributed by atoms with Crippen molar-refractivity contribution in [3.63, 3.8) is 0 Å². The number of aryl methyl sites for hydroxylation is 1. The normalized spacial score (nSPS) is 14.9. The van der Waals surface area contributed by atoms with Crippen molar-refractivity contribution in [3.05, 3.63) is 47.3 Å².